The molecule has 1 aromatic carbocycles. The Morgan fingerprint density at radius 2 is 1.90 bits per heavy atom. The Kier molecular flexibility index (Phi) is 4.81. The maximum atomic E-state index is 13.2. The fraction of sp³-hybridized carbons (Fsp3) is 0.520. The van der Waals surface area contributed by atoms with Gasteiger partial charge in [0.15, 0.2) is 0 Å². The highest BCUT2D eigenvalue weighted by atomic mass is 16.2. The van der Waals surface area contributed by atoms with Crippen molar-refractivity contribution in [2.45, 2.75) is 58.5 Å². The van der Waals surface area contributed by atoms with Gasteiger partial charge in [-0.3, -0.25) is 19.1 Å². The first-order valence-electron chi connectivity index (χ1n) is 11.5. The molecule has 0 spiro atoms. The molecule has 5 rings (SSSR count). The van der Waals surface area contributed by atoms with Crippen molar-refractivity contribution in [3.05, 3.63) is 41.6 Å². The Bertz CT molecular complexity index is 1040. The first-order chi connectivity index (χ1) is 14.6. The second kappa shape index (κ2) is 7.38. The first kappa shape index (κ1) is 19.6. The van der Waals surface area contributed by atoms with Crippen molar-refractivity contribution >= 4 is 28.3 Å². The van der Waals surface area contributed by atoms with Crippen molar-refractivity contribution in [3.63, 3.8) is 0 Å². The van der Waals surface area contributed by atoms with Crippen molar-refractivity contribution < 1.29 is 9.59 Å². The average Bonchev–Trinajstić information content (AvgIpc) is 3.55. The predicted octanol–water partition coefficient (Wildman–Crippen LogP) is 3.96. The van der Waals surface area contributed by atoms with Gasteiger partial charge in [0.25, 0.3) is 0 Å². The van der Waals surface area contributed by atoms with Crippen LogP contribution in [0.2, 0.25) is 0 Å². The van der Waals surface area contributed by atoms with Crippen molar-refractivity contribution in [1.29, 1.82) is 0 Å². The van der Waals surface area contributed by atoms with Gasteiger partial charge in [-0.05, 0) is 55.9 Å². The molecule has 1 saturated carbocycles. The summed E-state index contributed by atoms with van der Waals surface area (Å²) < 4.78 is 1.84. The number of hydrogen-bond donors (Lipinski definition) is 0. The lowest BCUT2D eigenvalue weighted by Gasteiger charge is -2.42. The number of rotatable bonds is 5. The second-order valence-corrected chi connectivity index (χ2v) is 8.86. The molecule has 1 aliphatic heterocycles. The summed E-state index contributed by atoms with van der Waals surface area (Å²) in [6.45, 7) is 8.35. The summed E-state index contributed by atoms with van der Waals surface area (Å²) in [5, 5.41) is 1.20. The van der Waals surface area contributed by atoms with Gasteiger partial charge in [-0.2, -0.15) is 0 Å². The number of amides is 1. The standard InChI is InChI=1S/C25H31N3O2/c1-4-23(29)28-14-16-13-22-20(19-8-7-9-21(28)24(16)19)12-17(15-27(22)18-10-11-18)25(30)26(5-2)6-3/h7-9,12,14,17-18,22H,4-6,10-11,13,15H2,1-3H3/t17-,22-/m1/s1. The van der Waals surface area contributed by atoms with E-state index >= 15 is 0 Å². The van der Waals surface area contributed by atoms with E-state index in [0.29, 0.717) is 18.5 Å². The second-order valence-electron chi connectivity index (χ2n) is 8.86. The van der Waals surface area contributed by atoms with Crippen molar-refractivity contribution in [1.82, 2.24) is 14.4 Å². The molecular weight excluding hydrogens is 374 g/mol. The molecule has 2 aromatic rings. The van der Waals surface area contributed by atoms with Crippen LogP contribution in [0.1, 0.15) is 56.0 Å². The molecule has 5 nitrogen and oxygen atoms in total. The predicted molar refractivity (Wildman–Crippen MR) is 119 cm³/mol. The molecule has 0 saturated heterocycles. The smallest absolute Gasteiger partial charge is 0.230 e. The Hall–Kier alpha value is -2.40. The number of benzene rings is 1. The summed E-state index contributed by atoms with van der Waals surface area (Å²) in [6, 6.07) is 7.19. The van der Waals surface area contributed by atoms with Crippen LogP contribution >= 0.6 is 0 Å². The molecule has 1 fully saturated rings. The van der Waals surface area contributed by atoms with E-state index in [1.807, 2.05) is 16.4 Å². The van der Waals surface area contributed by atoms with Crippen molar-refractivity contribution in [3.8, 4) is 0 Å². The van der Waals surface area contributed by atoms with Crippen LogP contribution in [0.4, 0.5) is 0 Å². The topological polar surface area (TPSA) is 45.6 Å². The van der Waals surface area contributed by atoms with E-state index in [2.05, 4.69) is 49.2 Å². The monoisotopic (exact) mass is 405 g/mol. The molecule has 0 bridgehead atoms. The molecule has 0 N–H and O–H groups in total. The Balaban J connectivity index is 1.64. The number of nitrogens with zero attached hydrogens (tertiary/aromatic N) is 3. The van der Waals surface area contributed by atoms with E-state index < -0.39 is 0 Å². The minimum atomic E-state index is -0.0899. The third kappa shape index (κ3) is 2.94. The molecule has 5 heteroatoms. The SMILES string of the molecule is CCC(=O)n1cc2c3c(cccc31)C1=C[C@@H](C(=O)N(CC)CC)CN(C3CC3)[C@@H]1C2. The molecule has 1 amide bonds. The largest absolute Gasteiger partial charge is 0.343 e. The van der Waals surface area contributed by atoms with Gasteiger partial charge < -0.3 is 4.90 Å². The Morgan fingerprint density at radius 1 is 1.13 bits per heavy atom. The number of carbonyl (C=O) groups is 2. The Labute approximate surface area is 178 Å². The molecule has 30 heavy (non-hydrogen) atoms. The summed E-state index contributed by atoms with van der Waals surface area (Å²) in [5.74, 6) is 0.289. The summed E-state index contributed by atoms with van der Waals surface area (Å²) >= 11 is 0. The number of fused-ring (bicyclic) bond motifs is 2. The molecule has 1 aromatic heterocycles. The maximum absolute atomic E-state index is 13.2. The van der Waals surface area contributed by atoms with E-state index in [0.717, 1.165) is 31.6 Å². The van der Waals surface area contributed by atoms with Gasteiger partial charge in [0.05, 0.1) is 11.4 Å². The van der Waals surface area contributed by atoms with Crippen LogP contribution in [0.15, 0.2) is 30.5 Å². The molecular formula is C25H31N3O2. The van der Waals surface area contributed by atoms with E-state index in [-0.39, 0.29) is 17.7 Å². The lowest BCUT2D eigenvalue weighted by molar-refractivity contribution is -0.134. The van der Waals surface area contributed by atoms with Gasteiger partial charge in [-0.25, -0.2) is 0 Å². The van der Waals surface area contributed by atoms with Gasteiger partial charge in [-0.15, -0.1) is 0 Å². The van der Waals surface area contributed by atoms with Gasteiger partial charge in [0, 0.05) is 49.7 Å². The zero-order valence-electron chi connectivity index (χ0n) is 18.2. The Morgan fingerprint density at radius 3 is 2.57 bits per heavy atom. The van der Waals surface area contributed by atoms with Gasteiger partial charge in [-0.1, -0.05) is 25.1 Å². The normalized spacial score (nSPS) is 23.2. The molecule has 2 atom stereocenters. The third-order valence-electron chi connectivity index (χ3n) is 7.16. The number of carbonyl (C=O) groups excluding carboxylic acids is 2. The summed E-state index contributed by atoms with van der Waals surface area (Å²) in [4.78, 5) is 30.3. The average molecular weight is 406 g/mol. The molecule has 0 radical (unpaired) electrons. The fourth-order valence-corrected chi connectivity index (χ4v) is 5.49. The van der Waals surface area contributed by atoms with Gasteiger partial charge >= 0.3 is 0 Å². The molecule has 2 aliphatic carbocycles. The van der Waals surface area contributed by atoms with Crippen LogP contribution in [-0.2, 0) is 11.2 Å². The minimum Gasteiger partial charge on any atom is -0.343 e. The zero-order chi connectivity index (χ0) is 21.0. The molecule has 158 valence electrons. The van der Waals surface area contributed by atoms with Crippen molar-refractivity contribution in [2.75, 3.05) is 19.6 Å². The van der Waals surface area contributed by atoms with E-state index in [1.165, 1.54) is 34.9 Å². The highest BCUT2D eigenvalue weighted by molar-refractivity contribution is 6.03. The number of hydrogen-bond acceptors (Lipinski definition) is 3. The minimum absolute atomic E-state index is 0.0899. The van der Waals surface area contributed by atoms with Crippen LogP contribution in [0.3, 0.4) is 0 Å². The van der Waals surface area contributed by atoms with Gasteiger partial charge in [0.1, 0.15) is 0 Å². The van der Waals surface area contributed by atoms with E-state index in [4.69, 9.17) is 0 Å². The van der Waals surface area contributed by atoms with Crippen LogP contribution in [0.25, 0.3) is 16.5 Å². The molecule has 0 unspecified atom stereocenters. The summed E-state index contributed by atoms with van der Waals surface area (Å²) in [6.07, 6.45) is 8.18. The van der Waals surface area contributed by atoms with Crippen molar-refractivity contribution in [2.24, 2.45) is 5.92 Å². The summed E-state index contributed by atoms with van der Waals surface area (Å²) in [7, 11) is 0. The lowest BCUT2D eigenvalue weighted by Crippen LogP contribution is -2.50. The zero-order valence-corrected chi connectivity index (χ0v) is 18.2. The van der Waals surface area contributed by atoms with Crippen LogP contribution < -0.4 is 0 Å². The number of aromatic nitrogens is 1. The quantitative estimate of drug-likeness (QED) is 0.756. The van der Waals surface area contributed by atoms with E-state index in [9.17, 15) is 9.59 Å². The summed E-state index contributed by atoms with van der Waals surface area (Å²) in [5.41, 5.74) is 4.77. The fourth-order valence-electron chi connectivity index (χ4n) is 5.49. The van der Waals surface area contributed by atoms with Gasteiger partial charge in [0.2, 0.25) is 11.8 Å². The molecule has 3 aliphatic rings. The highest BCUT2D eigenvalue weighted by Crippen LogP contribution is 2.45. The van der Waals surface area contributed by atoms with Crippen LogP contribution in [-0.4, -0.2) is 57.9 Å². The molecule has 2 heterocycles. The maximum Gasteiger partial charge on any atom is 0.230 e. The lowest BCUT2D eigenvalue weighted by atomic mass is 9.79. The van der Waals surface area contributed by atoms with E-state index in [1.54, 1.807) is 0 Å². The first-order valence-corrected chi connectivity index (χ1v) is 11.5. The third-order valence-corrected chi connectivity index (χ3v) is 7.16. The van der Waals surface area contributed by atoms with Crippen LogP contribution in [0.5, 0.6) is 0 Å². The highest BCUT2D eigenvalue weighted by Gasteiger charge is 2.43. The van der Waals surface area contributed by atoms with Crippen LogP contribution in [0, 0.1) is 5.92 Å².